The van der Waals surface area contributed by atoms with Gasteiger partial charge in [-0.05, 0) is 86.7 Å². The summed E-state index contributed by atoms with van der Waals surface area (Å²) in [5.74, 6) is -0.643. The highest BCUT2D eigenvalue weighted by Gasteiger charge is 2.26. The molecule has 1 aliphatic carbocycles. The molecule has 2 aromatic carbocycles. The van der Waals surface area contributed by atoms with Crippen molar-refractivity contribution in [2.24, 2.45) is 0 Å². The van der Waals surface area contributed by atoms with E-state index in [1.165, 1.54) is 31.1 Å². The number of anilines is 1. The second kappa shape index (κ2) is 13.2. The lowest BCUT2D eigenvalue weighted by Crippen LogP contribution is -2.33. The lowest BCUT2D eigenvalue weighted by Gasteiger charge is -2.27. The summed E-state index contributed by atoms with van der Waals surface area (Å²) >= 11 is 3.46. The van der Waals surface area contributed by atoms with Crippen LogP contribution in [-0.2, 0) is 16.0 Å². The molecule has 0 N–H and O–H groups in total. The average molecular weight is 617 g/mol. The minimum atomic E-state index is -0.321. The number of carbonyl (C=O) groups excluding carboxylic acids is 2. The number of methoxy groups -OCH3 is 2. The molecule has 9 heteroatoms. The Morgan fingerprint density at radius 3 is 2.37 bits per heavy atom. The quantitative estimate of drug-likeness (QED) is 0.196. The molecule has 3 aromatic rings. The SMILES string of the molecule is CCN1/C(=C/C=C2/CCCC(/C=C/c3sc4ccc(C(=O)OC)cc4[n+]3CC)=C2N(C)C)Sc2ccc(C(=O)OC)cc21. The van der Waals surface area contributed by atoms with Gasteiger partial charge < -0.3 is 19.3 Å². The Bertz CT molecular complexity index is 1700. The summed E-state index contributed by atoms with van der Waals surface area (Å²) in [5, 5.41) is 2.29. The van der Waals surface area contributed by atoms with Gasteiger partial charge in [-0.1, -0.05) is 29.2 Å². The molecule has 5 rings (SSSR count). The highest BCUT2D eigenvalue weighted by atomic mass is 32.2. The molecule has 2 aliphatic rings. The van der Waals surface area contributed by atoms with E-state index >= 15 is 0 Å². The Balaban J connectivity index is 1.47. The number of carbonyl (C=O) groups is 2. The number of hydrogen-bond acceptors (Lipinski definition) is 8. The molecule has 0 radical (unpaired) electrons. The number of rotatable bonds is 8. The summed E-state index contributed by atoms with van der Waals surface area (Å²) in [6.07, 6.45) is 12.1. The number of esters is 2. The lowest BCUT2D eigenvalue weighted by molar-refractivity contribution is -0.665. The molecule has 0 bridgehead atoms. The molecular formula is C34H38N3O4S2+. The van der Waals surface area contributed by atoms with Crippen LogP contribution in [0.2, 0.25) is 0 Å². The Hall–Kier alpha value is -3.82. The Morgan fingerprint density at radius 2 is 1.70 bits per heavy atom. The van der Waals surface area contributed by atoms with Crippen molar-refractivity contribution in [2.75, 3.05) is 39.8 Å². The minimum absolute atomic E-state index is 0.321. The van der Waals surface area contributed by atoms with Crippen molar-refractivity contribution in [2.45, 2.75) is 44.6 Å². The monoisotopic (exact) mass is 616 g/mol. The van der Waals surface area contributed by atoms with Gasteiger partial charge in [-0.25, -0.2) is 9.59 Å². The third-order valence-corrected chi connectivity index (χ3v) is 10.00. The van der Waals surface area contributed by atoms with E-state index in [1.54, 1.807) is 23.1 Å². The molecule has 1 aromatic heterocycles. The van der Waals surface area contributed by atoms with Crippen LogP contribution < -0.4 is 9.47 Å². The predicted octanol–water partition coefficient (Wildman–Crippen LogP) is 7.19. The van der Waals surface area contributed by atoms with Gasteiger partial charge in [-0.15, -0.1) is 0 Å². The second-order valence-corrected chi connectivity index (χ2v) is 12.7. The summed E-state index contributed by atoms with van der Waals surface area (Å²) in [5.41, 5.74) is 7.10. The topological polar surface area (TPSA) is 63.0 Å². The molecule has 2 heterocycles. The fourth-order valence-corrected chi connectivity index (χ4v) is 7.96. The zero-order valence-electron chi connectivity index (χ0n) is 25.6. The highest BCUT2D eigenvalue weighted by Crippen LogP contribution is 2.46. The van der Waals surface area contributed by atoms with Gasteiger partial charge in [-0.2, -0.15) is 4.57 Å². The number of hydrogen-bond donors (Lipinski definition) is 0. The van der Waals surface area contributed by atoms with Crippen LogP contribution in [0.1, 0.15) is 58.8 Å². The van der Waals surface area contributed by atoms with E-state index in [-0.39, 0.29) is 11.9 Å². The van der Waals surface area contributed by atoms with E-state index in [0.717, 1.165) is 63.2 Å². The van der Waals surface area contributed by atoms with Crippen LogP contribution in [0.5, 0.6) is 0 Å². The number of allylic oxidation sites excluding steroid dienone is 5. The van der Waals surface area contributed by atoms with Crippen LogP contribution in [0, 0.1) is 0 Å². The van der Waals surface area contributed by atoms with Crippen molar-refractivity contribution in [1.29, 1.82) is 0 Å². The minimum Gasteiger partial charge on any atom is -0.465 e. The van der Waals surface area contributed by atoms with Crippen LogP contribution in [0.3, 0.4) is 0 Å². The number of aryl methyl sites for hydroxylation is 1. The van der Waals surface area contributed by atoms with E-state index < -0.39 is 0 Å². The maximum absolute atomic E-state index is 12.1. The first-order valence-corrected chi connectivity index (χ1v) is 16.1. The number of nitrogens with zero attached hydrogens (tertiary/aromatic N) is 3. The van der Waals surface area contributed by atoms with Crippen LogP contribution >= 0.6 is 23.1 Å². The first-order chi connectivity index (χ1) is 20.8. The largest absolute Gasteiger partial charge is 0.465 e. The summed E-state index contributed by atoms with van der Waals surface area (Å²) < 4.78 is 13.3. The van der Waals surface area contributed by atoms with E-state index in [9.17, 15) is 9.59 Å². The van der Waals surface area contributed by atoms with Crippen molar-refractivity contribution in [3.8, 4) is 0 Å². The maximum atomic E-state index is 12.1. The molecule has 224 valence electrons. The first-order valence-electron chi connectivity index (χ1n) is 14.5. The number of ether oxygens (including phenoxy) is 2. The van der Waals surface area contributed by atoms with Gasteiger partial charge in [-0.3, -0.25) is 0 Å². The summed E-state index contributed by atoms with van der Waals surface area (Å²) in [6.45, 7) is 5.86. The van der Waals surface area contributed by atoms with Gasteiger partial charge in [0.15, 0.2) is 0 Å². The maximum Gasteiger partial charge on any atom is 0.338 e. The fourth-order valence-electron chi connectivity index (χ4n) is 5.75. The fraction of sp³-hybridized carbons (Fsp3) is 0.324. The summed E-state index contributed by atoms with van der Waals surface area (Å²) in [6, 6.07) is 11.5. The number of thioether (sulfide) groups is 1. The molecule has 43 heavy (non-hydrogen) atoms. The molecular weight excluding hydrogens is 579 g/mol. The Labute approximate surface area is 261 Å². The van der Waals surface area contributed by atoms with E-state index in [0.29, 0.717) is 11.1 Å². The van der Waals surface area contributed by atoms with Gasteiger partial charge in [0.25, 0.3) is 5.01 Å². The van der Waals surface area contributed by atoms with E-state index in [1.807, 2.05) is 36.4 Å². The third kappa shape index (κ3) is 6.15. The number of aromatic nitrogens is 1. The van der Waals surface area contributed by atoms with Crippen molar-refractivity contribution < 1.29 is 23.6 Å². The third-order valence-electron chi connectivity index (χ3n) is 7.74. The Morgan fingerprint density at radius 1 is 0.977 bits per heavy atom. The van der Waals surface area contributed by atoms with Gasteiger partial charge in [0, 0.05) is 43.4 Å². The predicted molar refractivity (Wildman–Crippen MR) is 175 cm³/mol. The zero-order valence-corrected chi connectivity index (χ0v) is 27.2. The molecule has 0 fully saturated rings. The first kappa shape index (κ1) is 30.6. The second-order valence-electron chi connectivity index (χ2n) is 10.5. The molecule has 1 aliphatic heterocycles. The van der Waals surface area contributed by atoms with Gasteiger partial charge in [0.05, 0.1) is 36.1 Å². The smallest absolute Gasteiger partial charge is 0.338 e. The summed E-state index contributed by atoms with van der Waals surface area (Å²) in [7, 11) is 7.05. The molecule has 0 spiro atoms. The van der Waals surface area contributed by atoms with Crippen LogP contribution in [0.15, 0.2) is 81.4 Å². The van der Waals surface area contributed by atoms with E-state index in [2.05, 4.69) is 66.6 Å². The number of fused-ring (bicyclic) bond motifs is 2. The van der Waals surface area contributed by atoms with E-state index in [4.69, 9.17) is 9.47 Å². The molecule has 0 amide bonds. The molecule has 0 unspecified atom stereocenters. The van der Waals surface area contributed by atoms with Crippen molar-refractivity contribution in [3.05, 3.63) is 92.6 Å². The highest BCUT2D eigenvalue weighted by molar-refractivity contribution is 8.03. The Kier molecular flexibility index (Phi) is 9.42. The number of likely N-dealkylation sites (N-methyl/N-ethyl adjacent to an activating group) is 1. The molecule has 0 saturated heterocycles. The molecule has 0 saturated carbocycles. The molecule has 7 nitrogen and oxygen atoms in total. The molecule has 0 atom stereocenters. The lowest BCUT2D eigenvalue weighted by atomic mass is 9.90. The summed E-state index contributed by atoms with van der Waals surface area (Å²) in [4.78, 5) is 29.9. The normalized spacial score (nSPS) is 16.9. The van der Waals surface area contributed by atoms with Crippen LogP contribution in [-0.4, -0.2) is 51.7 Å². The standard InChI is InChI=1S/C34H38N3O4S2/c1-7-36-26-20-24(33(38)40-5)12-16-28(26)42-30(36)18-14-22-10-9-11-23(32(22)35(3)4)15-19-31-37(8-2)27-21-25(34(39)41-6)13-17-29(27)43-31/h12-21H,7-11H2,1-6H3/q+1. The average Bonchev–Trinajstić information content (AvgIpc) is 3.57. The number of thiazole rings is 1. The van der Waals surface area contributed by atoms with Crippen molar-refractivity contribution >= 4 is 57.0 Å². The van der Waals surface area contributed by atoms with Crippen molar-refractivity contribution in [3.63, 3.8) is 0 Å². The number of benzene rings is 2. The van der Waals surface area contributed by atoms with Crippen molar-refractivity contribution in [1.82, 2.24) is 4.90 Å². The van der Waals surface area contributed by atoms with Gasteiger partial charge in [0.1, 0.15) is 11.2 Å². The van der Waals surface area contributed by atoms with Crippen LogP contribution in [0.4, 0.5) is 5.69 Å². The van der Waals surface area contributed by atoms with Gasteiger partial charge >= 0.3 is 11.9 Å². The van der Waals surface area contributed by atoms with Crippen LogP contribution in [0.25, 0.3) is 16.3 Å². The zero-order chi connectivity index (χ0) is 30.7. The van der Waals surface area contributed by atoms with Gasteiger partial charge in [0.2, 0.25) is 5.52 Å².